The number of nitrogens with zero attached hydrogens (tertiary/aromatic N) is 1. The smallest absolute Gasteiger partial charge is 0.255 e. The molecule has 2 N–H and O–H groups in total. The Bertz CT molecular complexity index is 1230. The van der Waals surface area contributed by atoms with E-state index in [4.69, 9.17) is 4.74 Å². The molecular weight excluding hydrogens is 478 g/mol. The first-order valence-corrected chi connectivity index (χ1v) is 13.8. The van der Waals surface area contributed by atoms with Crippen LogP contribution in [0, 0.1) is 0 Å². The Morgan fingerprint density at radius 3 is 1.88 bits per heavy atom. The van der Waals surface area contributed by atoms with Crippen molar-refractivity contribution in [2.45, 2.75) is 56.5 Å². The third-order valence-electron chi connectivity index (χ3n) is 5.34. The van der Waals surface area contributed by atoms with Gasteiger partial charge in [-0.15, -0.1) is 0 Å². The molecule has 1 fully saturated rings. The van der Waals surface area contributed by atoms with Gasteiger partial charge in [-0.25, -0.2) is 16.8 Å². The fraction of sp³-hybridized carbons (Fsp3) is 0.435. The summed E-state index contributed by atoms with van der Waals surface area (Å²) < 4.78 is 59.0. The van der Waals surface area contributed by atoms with Gasteiger partial charge in [-0.3, -0.25) is 9.52 Å². The number of hydrogen-bond acceptors (Lipinski definition) is 6. The second-order valence-corrected chi connectivity index (χ2v) is 13.7. The molecule has 1 aliphatic heterocycles. The van der Waals surface area contributed by atoms with Crippen LogP contribution in [-0.4, -0.2) is 57.1 Å². The van der Waals surface area contributed by atoms with Crippen molar-refractivity contribution in [2.75, 3.05) is 23.1 Å². The molecular formula is C23H31N3O6S2. The predicted octanol–water partition coefficient (Wildman–Crippen LogP) is 3.28. The van der Waals surface area contributed by atoms with E-state index in [0.717, 1.165) is 0 Å². The number of amides is 1. The van der Waals surface area contributed by atoms with Crippen molar-refractivity contribution in [3.05, 3.63) is 54.1 Å². The molecule has 1 saturated heterocycles. The Balaban J connectivity index is 1.67. The zero-order chi connectivity index (χ0) is 25.3. The third kappa shape index (κ3) is 5.96. The van der Waals surface area contributed by atoms with Crippen LogP contribution in [0.25, 0.3) is 0 Å². The number of carbonyl (C=O) groups excluding carboxylic acids is 1. The van der Waals surface area contributed by atoms with E-state index in [1.165, 1.54) is 52.8 Å². The molecule has 3 rings (SSSR count). The molecule has 2 aromatic rings. The van der Waals surface area contributed by atoms with Crippen molar-refractivity contribution in [3.8, 4) is 0 Å². The zero-order valence-electron chi connectivity index (χ0n) is 19.9. The van der Waals surface area contributed by atoms with Gasteiger partial charge in [0.05, 0.1) is 21.9 Å². The number of nitrogens with one attached hydrogen (secondary N) is 2. The van der Waals surface area contributed by atoms with Crippen LogP contribution in [0.1, 0.15) is 45.0 Å². The highest BCUT2D eigenvalue weighted by molar-refractivity contribution is 7.94. The molecule has 1 heterocycles. The summed E-state index contributed by atoms with van der Waals surface area (Å²) in [7, 11) is -7.24. The largest absolute Gasteiger partial charge is 0.373 e. The molecule has 11 heteroatoms. The maximum absolute atomic E-state index is 13.0. The molecule has 186 valence electrons. The molecule has 0 bridgehead atoms. The molecule has 2 aromatic carbocycles. The van der Waals surface area contributed by atoms with E-state index in [2.05, 4.69) is 10.0 Å². The Morgan fingerprint density at radius 2 is 1.38 bits per heavy atom. The van der Waals surface area contributed by atoms with Gasteiger partial charge in [0.1, 0.15) is 0 Å². The van der Waals surface area contributed by atoms with E-state index in [0.29, 0.717) is 16.9 Å². The maximum atomic E-state index is 13.0. The highest BCUT2D eigenvalue weighted by Gasteiger charge is 2.32. The van der Waals surface area contributed by atoms with Crippen LogP contribution in [0.5, 0.6) is 0 Å². The average Bonchev–Trinajstić information content (AvgIpc) is 2.73. The first-order chi connectivity index (χ1) is 15.7. The molecule has 1 amide bonds. The van der Waals surface area contributed by atoms with Crippen molar-refractivity contribution >= 4 is 37.3 Å². The van der Waals surface area contributed by atoms with Gasteiger partial charge in [0.25, 0.3) is 5.91 Å². The Labute approximate surface area is 201 Å². The third-order valence-corrected chi connectivity index (χ3v) is 9.30. The summed E-state index contributed by atoms with van der Waals surface area (Å²) in [6.07, 6.45) is -0.375. The number of sulfonamides is 2. The summed E-state index contributed by atoms with van der Waals surface area (Å²) >= 11 is 0. The van der Waals surface area contributed by atoms with E-state index in [1.54, 1.807) is 20.8 Å². The first kappa shape index (κ1) is 26.1. The van der Waals surface area contributed by atoms with Crippen molar-refractivity contribution in [1.82, 2.24) is 4.31 Å². The molecule has 0 aromatic heterocycles. The molecule has 0 aliphatic carbocycles. The van der Waals surface area contributed by atoms with Crippen LogP contribution in [0.4, 0.5) is 11.4 Å². The van der Waals surface area contributed by atoms with Gasteiger partial charge >= 0.3 is 0 Å². The lowest BCUT2D eigenvalue weighted by molar-refractivity contribution is -0.0440. The minimum Gasteiger partial charge on any atom is -0.373 e. The number of anilines is 2. The summed E-state index contributed by atoms with van der Waals surface area (Å²) in [6, 6.07) is 12.0. The normalized spacial score (nSPS) is 20.0. The number of carbonyl (C=O) groups is 1. The number of hydrogen-bond donors (Lipinski definition) is 2. The number of ether oxygens (including phenoxy) is 1. The molecule has 2 unspecified atom stereocenters. The standard InChI is InChI=1S/C23H31N3O6S2/c1-16-14-26(15-17(2)32-16)33(28,29)21-12-10-19(11-13-21)24-22(27)18-6-8-20(9-7-18)25-34(30,31)23(3,4)5/h6-13,16-17,25H,14-15H2,1-5H3,(H,24,27). The van der Waals surface area contributed by atoms with E-state index in [1.807, 2.05) is 13.8 Å². The van der Waals surface area contributed by atoms with Gasteiger partial charge in [-0.05, 0) is 83.1 Å². The monoisotopic (exact) mass is 509 g/mol. The van der Waals surface area contributed by atoms with Gasteiger partial charge < -0.3 is 10.1 Å². The molecule has 1 aliphatic rings. The minimum atomic E-state index is -3.67. The number of morpholine rings is 1. The van der Waals surface area contributed by atoms with Crippen molar-refractivity contribution in [3.63, 3.8) is 0 Å². The zero-order valence-corrected chi connectivity index (χ0v) is 21.5. The van der Waals surface area contributed by atoms with Gasteiger partial charge in [0.2, 0.25) is 20.0 Å². The lowest BCUT2D eigenvalue weighted by Gasteiger charge is -2.34. The van der Waals surface area contributed by atoms with Crippen LogP contribution in [0.3, 0.4) is 0 Å². The summed E-state index contributed by atoms with van der Waals surface area (Å²) in [4.78, 5) is 12.7. The van der Waals surface area contributed by atoms with Crippen LogP contribution in [0.2, 0.25) is 0 Å². The van der Waals surface area contributed by atoms with Crippen molar-refractivity contribution in [1.29, 1.82) is 0 Å². The van der Waals surface area contributed by atoms with E-state index in [-0.39, 0.29) is 30.2 Å². The lowest BCUT2D eigenvalue weighted by atomic mass is 10.2. The van der Waals surface area contributed by atoms with Gasteiger partial charge in [0.15, 0.2) is 0 Å². The van der Waals surface area contributed by atoms with Crippen LogP contribution in [0.15, 0.2) is 53.4 Å². The Hall–Kier alpha value is -2.47. The van der Waals surface area contributed by atoms with Crippen molar-refractivity contribution < 1.29 is 26.4 Å². The quantitative estimate of drug-likeness (QED) is 0.616. The summed E-state index contributed by atoms with van der Waals surface area (Å²) in [6.45, 7) is 9.02. The van der Waals surface area contributed by atoms with E-state index < -0.39 is 30.7 Å². The summed E-state index contributed by atoms with van der Waals surface area (Å²) in [5.74, 6) is -0.406. The van der Waals surface area contributed by atoms with Gasteiger partial charge in [0, 0.05) is 30.0 Å². The predicted molar refractivity (Wildman–Crippen MR) is 132 cm³/mol. The number of benzene rings is 2. The van der Waals surface area contributed by atoms with E-state index >= 15 is 0 Å². The molecule has 9 nitrogen and oxygen atoms in total. The molecule has 0 saturated carbocycles. The maximum Gasteiger partial charge on any atom is 0.255 e. The lowest BCUT2D eigenvalue weighted by Crippen LogP contribution is -2.48. The number of rotatable bonds is 6. The Kier molecular flexibility index (Phi) is 7.42. The van der Waals surface area contributed by atoms with Crippen LogP contribution in [-0.2, 0) is 24.8 Å². The molecule has 0 spiro atoms. The van der Waals surface area contributed by atoms with Gasteiger partial charge in [-0.1, -0.05) is 0 Å². The first-order valence-electron chi connectivity index (χ1n) is 10.9. The average molecular weight is 510 g/mol. The highest BCUT2D eigenvalue weighted by Crippen LogP contribution is 2.23. The second kappa shape index (κ2) is 9.65. The van der Waals surface area contributed by atoms with Crippen LogP contribution >= 0.6 is 0 Å². The van der Waals surface area contributed by atoms with Gasteiger partial charge in [-0.2, -0.15) is 4.31 Å². The molecule has 34 heavy (non-hydrogen) atoms. The SMILES string of the molecule is CC1CN(S(=O)(=O)c2ccc(NC(=O)c3ccc(NS(=O)(=O)C(C)(C)C)cc3)cc2)CC(C)O1. The molecule has 2 atom stereocenters. The van der Waals surface area contributed by atoms with Crippen molar-refractivity contribution in [2.24, 2.45) is 0 Å². The molecule has 0 radical (unpaired) electrons. The fourth-order valence-electron chi connectivity index (χ4n) is 3.39. The summed E-state index contributed by atoms with van der Waals surface area (Å²) in [5.41, 5.74) is 1.12. The van der Waals surface area contributed by atoms with Crippen LogP contribution < -0.4 is 10.0 Å². The summed E-state index contributed by atoms with van der Waals surface area (Å²) in [5, 5.41) is 2.72. The van der Waals surface area contributed by atoms with E-state index in [9.17, 15) is 21.6 Å². The Morgan fingerprint density at radius 1 is 0.882 bits per heavy atom. The minimum absolute atomic E-state index is 0.141. The second-order valence-electron chi connectivity index (χ2n) is 9.35. The fourth-order valence-corrected chi connectivity index (χ4v) is 5.73. The topological polar surface area (TPSA) is 122 Å². The highest BCUT2D eigenvalue weighted by atomic mass is 32.2.